The predicted molar refractivity (Wildman–Crippen MR) is 104 cm³/mol. The molecule has 0 atom stereocenters. The Labute approximate surface area is 152 Å². The van der Waals surface area contributed by atoms with Crippen LogP contribution in [0.15, 0.2) is 42.5 Å². The molecule has 0 radical (unpaired) electrons. The van der Waals surface area contributed by atoms with E-state index < -0.39 is 0 Å². The number of rotatable bonds is 7. The lowest BCUT2D eigenvalue weighted by atomic mass is 9.89. The smallest absolute Gasteiger partial charge is 0.142 e. The molecule has 0 heterocycles. The van der Waals surface area contributed by atoms with Gasteiger partial charge in [-0.15, -0.1) is 0 Å². The normalized spacial score (nSPS) is 11.3. The highest BCUT2D eigenvalue weighted by Gasteiger charge is 2.15. The van der Waals surface area contributed by atoms with Gasteiger partial charge in [-0.25, -0.2) is 13.7 Å². The second-order valence-corrected chi connectivity index (χ2v) is 6.37. The molecule has 2 aromatic carbocycles. The number of hydrogen-bond acceptors (Lipinski definition) is 4. The fourth-order valence-electron chi connectivity index (χ4n) is 2.66. The first-order valence-electron chi connectivity index (χ1n) is 7.98. The van der Waals surface area contributed by atoms with Crippen molar-refractivity contribution in [2.45, 2.75) is 19.8 Å². The summed E-state index contributed by atoms with van der Waals surface area (Å²) in [4.78, 5) is 10.8. The molecule has 0 saturated heterocycles. The van der Waals surface area contributed by atoms with E-state index in [1.54, 1.807) is 23.3 Å². The van der Waals surface area contributed by atoms with Gasteiger partial charge in [0, 0.05) is 25.3 Å². The number of hydrogen-bond donors (Lipinski definition) is 0. The van der Waals surface area contributed by atoms with E-state index in [1.165, 1.54) is 30.3 Å². The van der Waals surface area contributed by atoms with E-state index in [0.717, 1.165) is 34.2 Å². The Bertz CT molecular complexity index is 757. The maximum absolute atomic E-state index is 13.3. The third kappa shape index (κ3) is 4.71. The van der Waals surface area contributed by atoms with Gasteiger partial charge in [0.25, 0.3) is 0 Å². The van der Waals surface area contributed by atoms with Crippen molar-refractivity contribution in [3.05, 3.63) is 59.4 Å². The van der Waals surface area contributed by atoms with Gasteiger partial charge in [0.2, 0.25) is 0 Å². The number of halogens is 1. The minimum atomic E-state index is -0.281. The molecule has 0 aliphatic carbocycles. The molecular formula is C20H22FNO2S. The summed E-state index contributed by atoms with van der Waals surface area (Å²) in [5, 5.41) is 1.69. The van der Waals surface area contributed by atoms with Crippen molar-refractivity contribution in [1.82, 2.24) is 0 Å². The summed E-state index contributed by atoms with van der Waals surface area (Å²) in [6.45, 7) is 4.20. The summed E-state index contributed by atoms with van der Waals surface area (Å²) >= 11 is 1.26. The van der Waals surface area contributed by atoms with Crippen molar-refractivity contribution in [3.8, 4) is 11.1 Å². The minimum Gasteiger partial charge on any atom is -0.299 e. The molecule has 0 spiro atoms. The molecule has 0 amide bonds. The lowest BCUT2D eigenvalue weighted by Crippen LogP contribution is -2.14. The van der Waals surface area contributed by atoms with E-state index in [2.05, 4.69) is 19.9 Å². The van der Waals surface area contributed by atoms with Gasteiger partial charge in [-0.05, 0) is 58.5 Å². The van der Waals surface area contributed by atoms with Crippen molar-refractivity contribution in [2.24, 2.45) is 0 Å². The molecule has 0 saturated carbocycles. The van der Waals surface area contributed by atoms with Crippen LogP contribution in [-0.2, 0) is 9.08 Å². The molecule has 0 aromatic heterocycles. The Hall–Kier alpha value is -2.11. The Kier molecular flexibility index (Phi) is 6.79. The molecular weight excluding hydrogens is 337 g/mol. The topological polar surface area (TPSA) is 29.5 Å². The third-order valence-electron chi connectivity index (χ3n) is 3.87. The number of carbonyl (C=O) groups is 1. The van der Waals surface area contributed by atoms with Crippen LogP contribution in [0, 0.1) is 5.82 Å². The van der Waals surface area contributed by atoms with Crippen molar-refractivity contribution in [2.75, 3.05) is 18.4 Å². The number of nitrogens with zero attached hydrogens (tertiary/aromatic N) is 1. The Morgan fingerprint density at radius 2 is 1.88 bits per heavy atom. The fourth-order valence-corrected chi connectivity index (χ4v) is 2.97. The summed E-state index contributed by atoms with van der Waals surface area (Å²) < 4.78 is 18.8. The van der Waals surface area contributed by atoms with Gasteiger partial charge in [0.15, 0.2) is 0 Å². The van der Waals surface area contributed by atoms with Crippen LogP contribution >= 0.6 is 12.0 Å². The van der Waals surface area contributed by atoms with Crippen molar-refractivity contribution < 1.29 is 13.5 Å². The van der Waals surface area contributed by atoms with Crippen LogP contribution in [0.4, 0.5) is 10.1 Å². The number of hydroxylamine groups is 1. The zero-order chi connectivity index (χ0) is 18.4. The van der Waals surface area contributed by atoms with Crippen LogP contribution in [-0.4, -0.2) is 19.6 Å². The monoisotopic (exact) mass is 359 g/mol. The van der Waals surface area contributed by atoms with Crippen LogP contribution in [0.2, 0.25) is 0 Å². The van der Waals surface area contributed by atoms with Crippen LogP contribution in [0.1, 0.15) is 30.9 Å². The summed E-state index contributed by atoms with van der Waals surface area (Å²) in [7, 11) is 1.84. The highest BCUT2D eigenvalue weighted by atomic mass is 32.2. The SMILES string of the molecule is CSON(C)c1cc(-c2ccc(F)cc2)c(/C=C/C=O)c(C(C)C)c1. The molecule has 2 rings (SSSR count). The van der Waals surface area contributed by atoms with Crippen LogP contribution in [0.25, 0.3) is 17.2 Å². The van der Waals surface area contributed by atoms with Crippen LogP contribution < -0.4 is 5.06 Å². The average Bonchev–Trinajstić information content (AvgIpc) is 2.60. The highest BCUT2D eigenvalue weighted by Crippen LogP contribution is 2.36. The molecule has 0 aliphatic heterocycles. The maximum atomic E-state index is 13.3. The van der Waals surface area contributed by atoms with Gasteiger partial charge < -0.3 is 0 Å². The second-order valence-electron chi connectivity index (χ2n) is 5.89. The van der Waals surface area contributed by atoms with Crippen molar-refractivity contribution in [3.63, 3.8) is 0 Å². The first-order valence-corrected chi connectivity index (χ1v) is 9.13. The van der Waals surface area contributed by atoms with Gasteiger partial charge in [0.05, 0.1) is 5.69 Å². The summed E-state index contributed by atoms with van der Waals surface area (Å²) in [6, 6.07) is 10.4. The fraction of sp³-hybridized carbons (Fsp3) is 0.250. The Morgan fingerprint density at radius 1 is 1.20 bits per heavy atom. The molecule has 132 valence electrons. The number of benzene rings is 2. The van der Waals surface area contributed by atoms with Crippen molar-refractivity contribution in [1.29, 1.82) is 0 Å². The van der Waals surface area contributed by atoms with Gasteiger partial charge >= 0.3 is 0 Å². The number of aldehydes is 1. The van der Waals surface area contributed by atoms with E-state index in [1.807, 2.05) is 19.4 Å². The van der Waals surface area contributed by atoms with Gasteiger partial charge in [-0.1, -0.05) is 32.1 Å². The van der Waals surface area contributed by atoms with Crippen LogP contribution in [0.3, 0.4) is 0 Å². The highest BCUT2D eigenvalue weighted by molar-refractivity contribution is 7.93. The lowest BCUT2D eigenvalue weighted by molar-refractivity contribution is -0.104. The van der Waals surface area contributed by atoms with E-state index in [-0.39, 0.29) is 11.7 Å². The molecule has 0 unspecified atom stereocenters. The number of carbonyl (C=O) groups excluding carboxylic acids is 1. The second kappa shape index (κ2) is 8.83. The number of allylic oxidation sites excluding steroid dienone is 1. The predicted octanol–water partition coefficient (Wildman–Crippen LogP) is 5.47. The number of anilines is 1. The van der Waals surface area contributed by atoms with Crippen LogP contribution in [0.5, 0.6) is 0 Å². The summed E-state index contributed by atoms with van der Waals surface area (Å²) in [5.41, 5.74) is 4.74. The first-order chi connectivity index (χ1) is 12.0. The van der Waals surface area contributed by atoms with E-state index >= 15 is 0 Å². The van der Waals surface area contributed by atoms with E-state index in [9.17, 15) is 9.18 Å². The standard InChI is InChI=1S/C20H22FNO2S/c1-14(2)19-12-17(22(3)24-25-4)13-20(18(19)6-5-11-23)15-7-9-16(21)10-8-15/h5-14H,1-4H3/b6-5+. The van der Waals surface area contributed by atoms with Gasteiger partial charge in [-0.2, -0.15) is 0 Å². The largest absolute Gasteiger partial charge is 0.299 e. The third-order valence-corrected chi connectivity index (χ3v) is 4.24. The summed E-state index contributed by atoms with van der Waals surface area (Å²) in [5.74, 6) is -0.0371. The molecule has 0 N–H and O–H groups in total. The maximum Gasteiger partial charge on any atom is 0.142 e. The molecule has 0 bridgehead atoms. The minimum absolute atomic E-state index is 0.244. The molecule has 0 fully saturated rings. The molecule has 5 heteroatoms. The first kappa shape index (κ1) is 19.2. The molecule has 2 aromatic rings. The van der Waals surface area contributed by atoms with Gasteiger partial charge in [-0.3, -0.25) is 4.79 Å². The average molecular weight is 359 g/mol. The van der Waals surface area contributed by atoms with E-state index in [0.29, 0.717) is 0 Å². The quantitative estimate of drug-likeness (QED) is 0.284. The molecule has 25 heavy (non-hydrogen) atoms. The van der Waals surface area contributed by atoms with E-state index in [4.69, 9.17) is 4.28 Å². The summed E-state index contributed by atoms with van der Waals surface area (Å²) in [6.07, 6.45) is 5.90. The van der Waals surface area contributed by atoms with Gasteiger partial charge in [0.1, 0.15) is 12.1 Å². The van der Waals surface area contributed by atoms with Crippen molar-refractivity contribution >= 4 is 30.1 Å². The lowest BCUT2D eigenvalue weighted by Gasteiger charge is -2.22. The Balaban J connectivity index is 2.72. The molecule has 0 aliphatic rings. The zero-order valence-corrected chi connectivity index (χ0v) is 15.6. The molecule has 3 nitrogen and oxygen atoms in total. The zero-order valence-electron chi connectivity index (χ0n) is 14.8. The Morgan fingerprint density at radius 3 is 2.44 bits per heavy atom.